The number of fused-ring (bicyclic) bond motifs is 1. The van der Waals surface area contributed by atoms with E-state index in [1.54, 1.807) is 7.11 Å². The summed E-state index contributed by atoms with van der Waals surface area (Å²) in [6.45, 7) is 3.65. The second kappa shape index (κ2) is 12.6. The van der Waals surface area contributed by atoms with E-state index in [1.807, 2.05) is 85.8 Å². The molecule has 0 bridgehead atoms. The van der Waals surface area contributed by atoms with Gasteiger partial charge in [-0.3, -0.25) is 4.79 Å². The number of ether oxygens (including phenoxy) is 2. The molecule has 1 amide bonds. The molecule has 186 valence electrons. The fourth-order valence-electron chi connectivity index (χ4n) is 4.18. The minimum atomic E-state index is 0.0225. The van der Waals surface area contributed by atoms with Crippen molar-refractivity contribution in [1.82, 2.24) is 14.9 Å². The van der Waals surface area contributed by atoms with Crippen molar-refractivity contribution in [2.24, 2.45) is 0 Å². The Morgan fingerprint density at radius 1 is 1.03 bits per heavy atom. The largest absolute Gasteiger partial charge is 0.493 e. The van der Waals surface area contributed by atoms with E-state index in [9.17, 15) is 4.79 Å². The lowest BCUT2D eigenvalue weighted by molar-refractivity contribution is -0.121. The van der Waals surface area contributed by atoms with Gasteiger partial charge in [0.15, 0.2) is 11.5 Å². The highest BCUT2D eigenvalue weighted by Crippen LogP contribution is 2.29. The Hall–Kier alpha value is -4.06. The molecular weight excluding hydrogens is 450 g/mol. The summed E-state index contributed by atoms with van der Waals surface area (Å²) in [6.07, 6.45) is 5.98. The fraction of sp³-hybridized carbons (Fsp3) is 0.267. The third-order valence-corrected chi connectivity index (χ3v) is 5.99. The number of methoxy groups -OCH3 is 1. The first-order chi connectivity index (χ1) is 17.7. The number of nitrogens with zero attached hydrogens (tertiary/aromatic N) is 2. The molecule has 3 aromatic carbocycles. The zero-order valence-electron chi connectivity index (χ0n) is 20.9. The van der Waals surface area contributed by atoms with Gasteiger partial charge in [0.1, 0.15) is 5.82 Å². The van der Waals surface area contributed by atoms with Crippen LogP contribution < -0.4 is 14.8 Å². The Bertz CT molecular complexity index is 1310. The lowest BCUT2D eigenvalue weighted by atomic mass is 10.1. The first-order valence-corrected chi connectivity index (χ1v) is 12.4. The van der Waals surface area contributed by atoms with E-state index in [-0.39, 0.29) is 5.91 Å². The van der Waals surface area contributed by atoms with Crippen molar-refractivity contribution in [3.05, 3.63) is 95.8 Å². The number of amides is 1. The van der Waals surface area contributed by atoms with Crippen molar-refractivity contribution in [3.63, 3.8) is 0 Å². The van der Waals surface area contributed by atoms with Gasteiger partial charge in [0.25, 0.3) is 0 Å². The van der Waals surface area contributed by atoms with E-state index < -0.39 is 0 Å². The summed E-state index contributed by atoms with van der Waals surface area (Å²) < 4.78 is 13.7. The summed E-state index contributed by atoms with van der Waals surface area (Å²) >= 11 is 0. The molecule has 0 aliphatic rings. The Morgan fingerprint density at radius 2 is 1.83 bits per heavy atom. The molecule has 0 aliphatic heterocycles. The van der Waals surface area contributed by atoms with Gasteiger partial charge in [0.2, 0.25) is 5.91 Å². The second-order valence-corrected chi connectivity index (χ2v) is 8.54. The van der Waals surface area contributed by atoms with E-state index in [4.69, 9.17) is 14.5 Å². The maximum absolute atomic E-state index is 12.5. The average molecular weight is 484 g/mol. The van der Waals surface area contributed by atoms with Crippen LogP contribution in [0.1, 0.15) is 36.7 Å². The van der Waals surface area contributed by atoms with Gasteiger partial charge in [0.05, 0.1) is 31.3 Å². The normalized spacial score (nSPS) is 11.2. The maximum atomic E-state index is 12.5. The number of carbonyl (C=O) groups is 1. The molecule has 36 heavy (non-hydrogen) atoms. The van der Waals surface area contributed by atoms with Crippen LogP contribution in [0.3, 0.4) is 0 Å². The molecule has 0 spiro atoms. The van der Waals surface area contributed by atoms with Crippen LogP contribution in [0.15, 0.2) is 78.9 Å². The summed E-state index contributed by atoms with van der Waals surface area (Å²) in [5.74, 6) is 2.32. The zero-order valence-corrected chi connectivity index (χ0v) is 20.9. The molecule has 6 heteroatoms. The SMILES string of the molecule is C/C=C/c1ccc(OCCCn2c(CNC(=O)CCc3ccccc3)nc3ccccc32)c(OC)c1. The van der Waals surface area contributed by atoms with E-state index in [2.05, 4.69) is 16.0 Å². The van der Waals surface area contributed by atoms with Gasteiger partial charge in [-0.15, -0.1) is 0 Å². The first-order valence-electron chi connectivity index (χ1n) is 12.4. The molecule has 0 atom stereocenters. The average Bonchev–Trinajstić information content (AvgIpc) is 3.27. The van der Waals surface area contributed by atoms with Gasteiger partial charge in [-0.05, 0) is 55.2 Å². The quantitative estimate of drug-likeness (QED) is 0.259. The summed E-state index contributed by atoms with van der Waals surface area (Å²) in [6, 6.07) is 24.0. The molecule has 0 saturated heterocycles. The predicted octanol–water partition coefficient (Wildman–Crippen LogP) is 5.80. The molecule has 0 saturated carbocycles. The van der Waals surface area contributed by atoms with E-state index in [0.717, 1.165) is 58.9 Å². The number of allylic oxidation sites excluding steroid dienone is 1. The number of aromatic nitrogens is 2. The number of para-hydroxylation sites is 2. The van der Waals surface area contributed by atoms with E-state index >= 15 is 0 Å². The highest BCUT2D eigenvalue weighted by molar-refractivity contribution is 5.77. The van der Waals surface area contributed by atoms with Crippen molar-refractivity contribution in [2.45, 2.75) is 39.3 Å². The third-order valence-electron chi connectivity index (χ3n) is 5.99. The van der Waals surface area contributed by atoms with Crippen LogP contribution in [0, 0.1) is 0 Å². The van der Waals surface area contributed by atoms with Gasteiger partial charge >= 0.3 is 0 Å². The number of rotatable bonds is 12. The minimum absolute atomic E-state index is 0.0225. The summed E-state index contributed by atoms with van der Waals surface area (Å²) in [7, 11) is 1.65. The van der Waals surface area contributed by atoms with Gasteiger partial charge < -0.3 is 19.4 Å². The van der Waals surface area contributed by atoms with Crippen molar-refractivity contribution in [2.75, 3.05) is 13.7 Å². The lowest BCUT2D eigenvalue weighted by Crippen LogP contribution is -2.25. The van der Waals surface area contributed by atoms with Gasteiger partial charge in [-0.1, -0.05) is 60.7 Å². The molecule has 1 N–H and O–H groups in total. The predicted molar refractivity (Wildman–Crippen MR) is 144 cm³/mol. The Balaban J connectivity index is 1.35. The molecule has 1 heterocycles. The molecule has 1 aromatic heterocycles. The Labute approximate surface area is 212 Å². The molecule has 0 aliphatic carbocycles. The first kappa shape index (κ1) is 25.0. The fourth-order valence-corrected chi connectivity index (χ4v) is 4.18. The van der Waals surface area contributed by atoms with Crippen LogP contribution in [0.2, 0.25) is 0 Å². The Kier molecular flexibility index (Phi) is 8.76. The smallest absolute Gasteiger partial charge is 0.220 e. The molecule has 0 unspecified atom stereocenters. The number of benzene rings is 3. The zero-order chi connectivity index (χ0) is 25.2. The molecule has 6 nitrogen and oxygen atoms in total. The maximum Gasteiger partial charge on any atom is 0.220 e. The summed E-state index contributed by atoms with van der Waals surface area (Å²) in [5, 5.41) is 3.04. The number of hydrogen-bond acceptors (Lipinski definition) is 4. The minimum Gasteiger partial charge on any atom is -0.493 e. The second-order valence-electron chi connectivity index (χ2n) is 8.54. The van der Waals surface area contributed by atoms with Crippen molar-refractivity contribution in [1.29, 1.82) is 0 Å². The van der Waals surface area contributed by atoms with Gasteiger partial charge in [0, 0.05) is 13.0 Å². The third kappa shape index (κ3) is 6.54. The topological polar surface area (TPSA) is 65.4 Å². The number of aryl methyl sites for hydroxylation is 2. The van der Waals surface area contributed by atoms with Crippen molar-refractivity contribution in [3.8, 4) is 11.5 Å². The molecular formula is C30H33N3O3. The van der Waals surface area contributed by atoms with Gasteiger partial charge in [-0.25, -0.2) is 4.98 Å². The van der Waals surface area contributed by atoms with Crippen LogP contribution >= 0.6 is 0 Å². The van der Waals surface area contributed by atoms with Crippen LogP contribution in [-0.2, 0) is 24.3 Å². The van der Waals surface area contributed by atoms with Crippen LogP contribution in [-0.4, -0.2) is 29.2 Å². The van der Waals surface area contributed by atoms with Crippen LogP contribution in [0.4, 0.5) is 0 Å². The standard InChI is InChI=1S/C30H33N3O3/c1-3-10-24-15-17-27(28(21-24)35-2)36-20-9-19-33-26-14-8-7-13-25(26)32-29(33)22-31-30(34)18-16-23-11-5-4-6-12-23/h3-8,10-15,17,21H,9,16,18-20,22H2,1-2H3,(H,31,34)/b10-3+. The molecule has 4 rings (SSSR count). The summed E-state index contributed by atoms with van der Waals surface area (Å²) in [4.78, 5) is 17.2. The van der Waals surface area contributed by atoms with E-state index in [1.165, 1.54) is 0 Å². The summed E-state index contributed by atoms with van der Waals surface area (Å²) in [5.41, 5.74) is 4.21. The van der Waals surface area contributed by atoms with Crippen LogP contribution in [0.25, 0.3) is 17.1 Å². The van der Waals surface area contributed by atoms with Crippen LogP contribution in [0.5, 0.6) is 11.5 Å². The van der Waals surface area contributed by atoms with Crippen molar-refractivity contribution >= 4 is 23.0 Å². The number of hydrogen-bond donors (Lipinski definition) is 1. The van der Waals surface area contributed by atoms with Gasteiger partial charge in [-0.2, -0.15) is 0 Å². The molecule has 0 radical (unpaired) electrons. The molecule has 4 aromatic rings. The monoisotopic (exact) mass is 483 g/mol. The van der Waals surface area contributed by atoms with Crippen molar-refractivity contribution < 1.29 is 14.3 Å². The highest BCUT2D eigenvalue weighted by atomic mass is 16.5. The number of imidazole rings is 1. The highest BCUT2D eigenvalue weighted by Gasteiger charge is 2.12. The molecule has 0 fully saturated rings. The number of nitrogens with one attached hydrogen (secondary N) is 1. The lowest BCUT2D eigenvalue weighted by Gasteiger charge is -2.13. The Morgan fingerprint density at radius 3 is 2.64 bits per heavy atom. The number of carbonyl (C=O) groups excluding carboxylic acids is 1. The van der Waals surface area contributed by atoms with E-state index in [0.29, 0.717) is 19.6 Å².